The molecule has 2 fully saturated rings. The molecule has 0 aromatic heterocycles. The average Bonchev–Trinajstić information content (AvgIpc) is 2.59. The van der Waals surface area contributed by atoms with Crippen LogP contribution in [-0.4, -0.2) is 43.0 Å². The first-order valence-electron chi connectivity index (χ1n) is 9.58. The molecule has 0 aromatic carbocycles. The van der Waals surface area contributed by atoms with Gasteiger partial charge in [-0.05, 0) is 39.5 Å². The molecule has 2 amide bonds. The first-order valence-corrected chi connectivity index (χ1v) is 9.58. The SMILES string of the molecule is CCOC(=O)C1=C(COC(=O)C2C[C@H]3CCC[C@@H](C2)C3=O)NC(=O)N[C@@H]1C. The van der Waals surface area contributed by atoms with Gasteiger partial charge in [0.2, 0.25) is 0 Å². The predicted molar refractivity (Wildman–Crippen MR) is 94.3 cm³/mol. The van der Waals surface area contributed by atoms with Crippen LogP contribution in [0.3, 0.4) is 0 Å². The van der Waals surface area contributed by atoms with Crippen LogP contribution in [0.4, 0.5) is 4.79 Å². The number of esters is 2. The first-order chi connectivity index (χ1) is 12.9. The summed E-state index contributed by atoms with van der Waals surface area (Å²) in [5.41, 5.74) is 0.491. The molecule has 3 rings (SSSR count). The second-order valence-electron chi connectivity index (χ2n) is 7.44. The molecule has 8 nitrogen and oxygen atoms in total. The molecular formula is C19H26N2O6. The van der Waals surface area contributed by atoms with E-state index in [1.54, 1.807) is 13.8 Å². The van der Waals surface area contributed by atoms with E-state index < -0.39 is 18.0 Å². The highest BCUT2D eigenvalue weighted by Crippen LogP contribution is 2.40. The molecule has 27 heavy (non-hydrogen) atoms. The Morgan fingerprint density at radius 1 is 1.11 bits per heavy atom. The highest BCUT2D eigenvalue weighted by atomic mass is 16.5. The van der Waals surface area contributed by atoms with E-state index in [1.807, 2.05) is 0 Å². The van der Waals surface area contributed by atoms with E-state index in [9.17, 15) is 19.2 Å². The van der Waals surface area contributed by atoms with Crippen molar-refractivity contribution < 1.29 is 28.7 Å². The van der Waals surface area contributed by atoms with Gasteiger partial charge < -0.3 is 20.1 Å². The van der Waals surface area contributed by atoms with Gasteiger partial charge in [-0.15, -0.1) is 0 Å². The van der Waals surface area contributed by atoms with Crippen LogP contribution in [-0.2, 0) is 23.9 Å². The summed E-state index contributed by atoms with van der Waals surface area (Å²) in [6.45, 7) is 3.36. The fourth-order valence-corrected chi connectivity index (χ4v) is 4.33. The Balaban J connectivity index is 1.67. The van der Waals surface area contributed by atoms with Crippen LogP contribution in [0.25, 0.3) is 0 Å². The molecule has 1 aliphatic heterocycles. The Morgan fingerprint density at radius 3 is 2.41 bits per heavy atom. The second kappa shape index (κ2) is 8.10. The smallest absolute Gasteiger partial charge is 0.338 e. The van der Waals surface area contributed by atoms with Crippen molar-refractivity contribution in [3.8, 4) is 0 Å². The van der Waals surface area contributed by atoms with Crippen molar-refractivity contribution in [1.29, 1.82) is 0 Å². The third-order valence-corrected chi connectivity index (χ3v) is 5.61. The lowest BCUT2D eigenvalue weighted by Crippen LogP contribution is -2.50. The van der Waals surface area contributed by atoms with Gasteiger partial charge in [0.15, 0.2) is 0 Å². The van der Waals surface area contributed by atoms with Crippen LogP contribution in [0.15, 0.2) is 11.3 Å². The third-order valence-electron chi connectivity index (χ3n) is 5.61. The molecule has 2 bridgehead atoms. The van der Waals surface area contributed by atoms with Crippen molar-refractivity contribution in [2.75, 3.05) is 13.2 Å². The molecule has 2 aliphatic carbocycles. The number of rotatable bonds is 5. The maximum absolute atomic E-state index is 12.5. The number of Topliss-reactive ketones (excluding diaryl/α,β-unsaturated/α-hetero) is 1. The Labute approximate surface area is 158 Å². The van der Waals surface area contributed by atoms with E-state index in [1.165, 1.54) is 0 Å². The first kappa shape index (κ1) is 19.4. The lowest BCUT2D eigenvalue weighted by molar-refractivity contribution is -0.153. The molecule has 148 valence electrons. The van der Waals surface area contributed by atoms with E-state index in [4.69, 9.17) is 9.47 Å². The standard InChI is InChI=1S/C19H26N2O6/c1-3-26-18(24)15-10(2)20-19(25)21-14(15)9-27-17(23)13-7-11-5-4-6-12(8-13)16(11)22/h10-13H,3-9H2,1-2H3,(H2,20,21,25)/t10-,11-,12+,13?/m1/s1. The van der Waals surface area contributed by atoms with E-state index in [-0.39, 0.29) is 54.0 Å². The zero-order chi connectivity index (χ0) is 19.6. The van der Waals surface area contributed by atoms with E-state index >= 15 is 0 Å². The van der Waals surface area contributed by atoms with Gasteiger partial charge in [-0.2, -0.15) is 0 Å². The van der Waals surface area contributed by atoms with Crippen molar-refractivity contribution in [3.63, 3.8) is 0 Å². The van der Waals surface area contributed by atoms with Crippen molar-refractivity contribution in [2.24, 2.45) is 17.8 Å². The number of amides is 2. The predicted octanol–water partition coefficient (Wildman–Crippen LogP) is 1.44. The molecule has 3 aliphatic rings. The summed E-state index contributed by atoms with van der Waals surface area (Å²) in [7, 11) is 0. The molecule has 0 radical (unpaired) electrons. The quantitative estimate of drug-likeness (QED) is 0.701. The average molecular weight is 378 g/mol. The van der Waals surface area contributed by atoms with Gasteiger partial charge >= 0.3 is 18.0 Å². The Bertz CT molecular complexity index is 670. The van der Waals surface area contributed by atoms with Gasteiger partial charge in [0.25, 0.3) is 0 Å². The molecule has 1 unspecified atom stereocenters. The third kappa shape index (κ3) is 4.14. The lowest BCUT2D eigenvalue weighted by atomic mass is 9.67. The molecule has 8 heteroatoms. The van der Waals surface area contributed by atoms with Gasteiger partial charge in [0, 0.05) is 11.8 Å². The number of hydrogen-bond acceptors (Lipinski definition) is 6. The Morgan fingerprint density at radius 2 is 1.78 bits per heavy atom. The molecule has 0 spiro atoms. The fourth-order valence-electron chi connectivity index (χ4n) is 4.33. The molecule has 1 heterocycles. The van der Waals surface area contributed by atoms with Gasteiger partial charge in [-0.1, -0.05) is 6.42 Å². The summed E-state index contributed by atoms with van der Waals surface area (Å²) in [4.78, 5) is 48.6. The monoisotopic (exact) mass is 378 g/mol. The molecule has 2 saturated carbocycles. The van der Waals surface area contributed by atoms with Crippen molar-refractivity contribution in [2.45, 2.75) is 52.0 Å². The summed E-state index contributed by atoms with van der Waals surface area (Å²) < 4.78 is 10.5. The Hall–Kier alpha value is -2.38. The molecule has 0 aromatic rings. The van der Waals surface area contributed by atoms with E-state index in [2.05, 4.69) is 10.6 Å². The van der Waals surface area contributed by atoms with Crippen LogP contribution in [0.5, 0.6) is 0 Å². The number of carbonyl (C=O) groups is 4. The molecule has 0 saturated heterocycles. The van der Waals surface area contributed by atoms with Gasteiger partial charge in [-0.25, -0.2) is 9.59 Å². The van der Waals surface area contributed by atoms with Crippen LogP contribution in [0.1, 0.15) is 46.0 Å². The normalized spacial score (nSPS) is 30.3. The van der Waals surface area contributed by atoms with Crippen LogP contribution in [0.2, 0.25) is 0 Å². The summed E-state index contributed by atoms with van der Waals surface area (Å²) in [6, 6.07) is -1.00. The highest BCUT2D eigenvalue weighted by molar-refractivity contribution is 5.94. The zero-order valence-electron chi connectivity index (χ0n) is 15.7. The highest BCUT2D eigenvalue weighted by Gasteiger charge is 2.42. The minimum atomic E-state index is -0.554. The summed E-state index contributed by atoms with van der Waals surface area (Å²) in [6.07, 6.45) is 3.78. The molecule has 2 N–H and O–H groups in total. The van der Waals surface area contributed by atoms with Crippen LogP contribution in [0, 0.1) is 17.8 Å². The summed E-state index contributed by atoms with van der Waals surface area (Å²) >= 11 is 0. The molecule has 4 atom stereocenters. The topological polar surface area (TPSA) is 111 Å². The van der Waals surface area contributed by atoms with Gasteiger partial charge in [0.05, 0.1) is 29.8 Å². The van der Waals surface area contributed by atoms with Gasteiger partial charge in [-0.3, -0.25) is 9.59 Å². The van der Waals surface area contributed by atoms with Gasteiger partial charge in [0.1, 0.15) is 12.4 Å². The fraction of sp³-hybridized carbons (Fsp3) is 0.684. The molecular weight excluding hydrogens is 352 g/mol. The van der Waals surface area contributed by atoms with Crippen LogP contribution >= 0.6 is 0 Å². The second-order valence-corrected chi connectivity index (χ2v) is 7.44. The summed E-state index contributed by atoms with van der Waals surface area (Å²) in [5.74, 6) is -1.03. The largest absolute Gasteiger partial charge is 0.463 e. The number of carbonyl (C=O) groups excluding carboxylic acids is 4. The van der Waals surface area contributed by atoms with Crippen molar-refractivity contribution in [1.82, 2.24) is 10.6 Å². The lowest BCUT2D eigenvalue weighted by Gasteiger charge is -2.36. The van der Waals surface area contributed by atoms with Crippen LogP contribution < -0.4 is 10.6 Å². The summed E-state index contributed by atoms with van der Waals surface area (Å²) in [5, 5.41) is 5.13. The zero-order valence-corrected chi connectivity index (χ0v) is 15.7. The van der Waals surface area contributed by atoms with E-state index in [0.29, 0.717) is 12.8 Å². The number of fused-ring (bicyclic) bond motifs is 2. The van der Waals surface area contributed by atoms with Crippen molar-refractivity contribution in [3.05, 3.63) is 11.3 Å². The minimum absolute atomic E-state index is 0.0389. The maximum Gasteiger partial charge on any atom is 0.338 e. The van der Waals surface area contributed by atoms with E-state index in [0.717, 1.165) is 19.3 Å². The maximum atomic E-state index is 12.5. The number of ketones is 1. The number of ether oxygens (including phenoxy) is 2. The van der Waals surface area contributed by atoms with Crippen molar-refractivity contribution >= 4 is 23.8 Å². The number of nitrogens with one attached hydrogen (secondary N) is 2. The minimum Gasteiger partial charge on any atom is -0.463 e. The Kier molecular flexibility index (Phi) is 5.82. The number of hydrogen-bond donors (Lipinski definition) is 2. The number of urea groups is 1.